The summed E-state index contributed by atoms with van der Waals surface area (Å²) in [5.74, 6) is 0.910. The summed E-state index contributed by atoms with van der Waals surface area (Å²) in [5, 5.41) is 11.8. The SMILES string of the molecule is C[C@H]1CC[C@@H](Oc2ccc3cc(CN4C5CCCC4CC(C(=O)O)C5)ncc3c2Br)CC1. The van der Waals surface area contributed by atoms with Crippen molar-refractivity contribution in [3.63, 3.8) is 0 Å². The van der Waals surface area contributed by atoms with Crippen molar-refractivity contribution < 1.29 is 14.6 Å². The van der Waals surface area contributed by atoms with Crippen LogP contribution in [0.1, 0.15) is 70.4 Å². The lowest BCUT2D eigenvalue weighted by molar-refractivity contribution is -0.146. The van der Waals surface area contributed by atoms with Crippen LogP contribution < -0.4 is 4.74 Å². The Morgan fingerprint density at radius 3 is 2.56 bits per heavy atom. The highest BCUT2D eigenvalue weighted by atomic mass is 79.9. The maximum atomic E-state index is 11.6. The summed E-state index contributed by atoms with van der Waals surface area (Å²) in [7, 11) is 0. The molecule has 6 heteroatoms. The molecule has 2 aliphatic heterocycles. The fraction of sp³-hybridized carbons (Fsp3) is 0.615. The Morgan fingerprint density at radius 2 is 1.88 bits per heavy atom. The molecule has 172 valence electrons. The normalized spacial score (nSPS) is 30.9. The van der Waals surface area contributed by atoms with Crippen molar-refractivity contribution in [3.8, 4) is 5.75 Å². The van der Waals surface area contributed by atoms with Gasteiger partial charge in [-0.25, -0.2) is 0 Å². The van der Waals surface area contributed by atoms with E-state index in [9.17, 15) is 9.90 Å². The lowest BCUT2D eigenvalue weighted by atomic mass is 9.78. The molecule has 2 atom stereocenters. The van der Waals surface area contributed by atoms with Gasteiger partial charge in [-0.2, -0.15) is 0 Å². The first kappa shape index (κ1) is 22.1. The van der Waals surface area contributed by atoms with Gasteiger partial charge in [0.2, 0.25) is 0 Å². The van der Waals surface area contributed by atoms with Crippen LogP contribution >= 0.6 is 15.9 Å². The first-order chi connectivity index (χ1) is 15.5. The second kappa shape index (κ2) is 9.30. The number of carbonyl (C=O) groups is 1. The minimum atomic E-state index is -0.629. The molecular weight excluding hydrogens is 468 g/mol. The van der Waals surface area contributed by atoms with E-state index >= 15 is 0 Å². The Labute approximate surface area is 198 Å². The summed E-state index contributed by atoms with van der Waals surface area (Å²) in [5.41, 5.74) is 1.06. The Morgan fingerprint density at radius 1 is 1.16 bits per heavy atom. The number of halogens is 1. The van der Waals surface area contributed by atoms with E-state index < -0.39 is 5.97 Å². The lowest BCUT2D eigenvalue weighted by Gasteiger charge is -2.48. The third-order valence-corrected chi connectivity index (χ3v) is 8.75. The van der Waals surface area contributed by atoms with Gasteiger partial charge >= 0.3 is 5.97 Å². The number of aliphatic carboxylic acids is 1. The van der Waals surface area contributed by atoms with Crippen LogP contribution in [-0.2, 0) is 11.3 Å². The highest BCUT2D eigenvalue weighted by Gasteiger charge is 2.40. The molecule has 1 aromatic heterocycles. The molecule has 3 aliphatic rings. The molecule has 2 saturated heterocycles. The van der Waals surface area contributed by atoms with E-state index in [1.54, 1.807) is 0 Å². The molecule has 3 heterocycles. The molecule has 5 rings (SSSR count). The van der Waals surface area contributed by atoms with Crippen molar-refractivity contribution >= 4 is 32.7 Å². The van der Waals surface area contributed by atoms with Gasteiger partial charge in [-0.05, 0) is 90.7 Å². The van der Waals surface area contributed by atoms with Crippen molar-refractivity contribution in [2.75, 3.05) is 0 Å². The van der Waals surface area contributed by atoms with Crippen molar-refractivity contribution in [1.82, 2.24) is 9.88 Å². The maximum absolute atomic E-state index is 11.6. The lowest BCUT2D eigenvalue weighted by Crippen LogP contribution is -2.52. The van der Waals surface area contributed by atoms with Crippen LogP contribution in [0.15, 0.2) is 28.9 Å². The number of rotatable bonds is 5. The molecule has 1 aliphatic carbocycles. The Hall–Kier alpha value is -1.66. The molecule has 2 bridgehead atoms. The molecule has 2 aromatic rings. The van der Waals surface area contributed by atoms with Crippen LogP contribution in [-0.4, -0.2) is 39.1 Å². The van der Waals surface area contributed by atoms with Crippen LogP contribution in [0.3, 0.4) is 0 Å². The first-order valence-corrected chi connectivity index (χ1v) is 13.0. The molecule has 3 fully saturated rings. The van der Waals surface area contributed by atoms with Gasteiger partial charge in [0.15, 0.2) is 0 Å². The van der Waals surface area contributed by atoms with E-state index in [0.717, 1.165) is 77.7 Å². The highest BCUT2D eigenvalue weighted by molar-refractivity contribution is 9.10. The number of fused-ring (bicyclic) bond motifs is 3. The molecule has 1 aromatic carbocycles. The molecule has 1 N–H and O–H groups in total. The summed E-state index contributed by atoms with van der Waals surface area (Å²) in [6.07, 6.45) is 12.0. The fourth-order valence-electron chi connectivity index (χ4n) is 6.04. The third-order valence-electron chi connectivity index (χ3n) is 7.94. The second-order valence-electron chi connectivity index (χ2n) is 10.2. The third kappa shape index (κ3) is 4.54. The van der Waals surface area contributed by atoms with Gasteiger partial charge in [0, 0.05) is 30.2 Å². The molecule has 0 spiro atoms. The van der Waals surface area contributed by atoms with Gasteiger partial charge in [-0.1, -0.05) is 19.4 Å². The monoisotopic (exact) mass is 500 g/mol. The minimum absolute atomic E-state index is 0.187. The number of aromatic nitrogens is 1. The van der Waals surface area contributed by atoms with Crippen molar-refractivity contribution in [3.05, 3.63) is 34.6 Å². The largest absolute Gasteiger partial charge is 0.489 e. The Kier molecular flexibility index (Phi) is 6.44. The zero-order chi connectivity index (χ0) is 22.2. The van der Waals surface area contributed by atoms with Crippen LogP contribution in [0.4, 0.5) is 0 Å². The van der Waals surface area contributed by atoms with Crippen LogP contribution in [0.5, 0.6) is 5.75 Å². The van der Waals surface area contributed by atoms with Crippen molar-refractivity contribution in [2.24, 2.45) is 11.8 Å². The van der Waals surface area contributed by atoms with Gasteiger partial charge < -0.3 is 9.84 Å². The predicted molar refractivity (Wildman–Crippen MR) is 129 cm³/mol. The maximum Gasteiger partial charge on any atom is 0.306 e. The van der Waals surface area contributed by atoms with E-state index in [1.807, 2.05) is 6.20 Å². The summed E-state index contributed by atoms with van der Waals surface area (Å²) in [6.45, 7) is 3.13. The van der Waals surface area contributed by atoms with Crippen molar-refractivity contribution in [1.29, 1.82) is 0 Å². The van der Waals surface area contributed by atoms with Gasteiger partial charge in [-0.3, -0.25) is 14.7 Å². The van der Waals surface area contributed by atoms with E-state index in [0.29, 0.717) is 18.2 Å². The summed E-state index contributed by atoms with van der Waals surface area (Å²) < 4.78 is 7.34. The molecule has 2 unspecified atom stereocenters. The van der Waals surface area contributed by atoms with Gasteiger partial charge in [0.25, 0.3) is 0 Å². The Bertz CT molecular complexity index is 974. The molecular formula is C26H33BrN2O3. The molecule has 1 saturated carbocycles. The number of ether oxygens (including phenoxy) is 1. The number of pyridine rings is 1. The number of hydrogen-bond donors (Lipinski definition) is 1. The number of piperidine rings is 2. The molecule has 0 radical (unpaired) electrons. The van der Waals surface area contributed by atoms with Gasteiger partial charge in [-0.15, -0.1) is 0 Å². The average molecular weight is 501 g/mol. The minimum Gasteiger partial charge on any atom is -0.489 e. The number of benzene rings is 1. The van der Waals surface area contributed by atoms with E-state index in [2.05, 4.69) is 46.0 Å². The molecule has 5 nitrogen and oxygen atoms in total. The first-order valence-electron chi connectivity index (χ1n) is 12.2. The van der Waals surface area contributed by atoms with Crippen LogP contribution in [0, 0.1) is 11.8 Å². The summed E-state index contributed by atoms with van der Waals surface area (Å²) in [4.78, 5) is 18.9. The number of carboxylic acid groups (broad SMARTS) is 1. The number of nitrogens with zero attached hydrogens (tertiary/aromatic N) is 2. The summed E-state index contributed by atoms with van der Waals surface area (Å²) in [6, 6.07) is 7.14. The van der Waals surface area contributed by atoms with E-state index in [1.165, 1.54) is 19.3 Å². The summed E-state index contributed by atoms with van der Waals surface area (Å²) >= 11 is 3.77. The van der Waals surface area contributed by atoms with Crippen LogP contribution in [0.25, 0.3) is 10.8 Å². The topological polar surface area (TPSA) is 62.7 Å². The van der Waals surface area contributed by atoms with Gasteiger partial charge in [0.05, 0.1) is 22.2 Å². The number of carboxylic acids is 1. The zero-order valence-electron chi connectivity index (χ0n) is 18.8. The molecule has 32 heavy (non-hydrogen) atoms. The average Bonchev–Trinajstić information content (AvgIpc) is 2.77. The van der Waals surface area contributed by atoms with Crippen LogP contribution in [0.2, 0.25) is 0 Å². The quantitative estimate of drug-likeness (QED) is 0.531. The second-order valence-corrected chi connectivity index (χ2v) is 11.0. The van der Waals surface area contributed by atoms with E-state index in [-0.39, 0.29) is 5.92 Å². The van der Waals surface area contributed by atoms with Crippen molar-refractivity contribution in [2.45, 2.75) is 89.4 Å². The smallest absolute Gasteiger partial charge is 0.306 e. The highest BCUT2D eigenvalue weighted by Crippen LogP contribution is 2.39. The fourth-order valence-corrected chi connectivity index (χ4v) is 6.60. The Balaban J connectivity index is 1.31. The zero-order valence-corrected chi connectivity index (χ0v) is 20.4. The predicted octanol–water partition coefficient (Wildman–Crippen LogP) is 6.17. The number of hydrogen-bond acceptors (Lipinski definition) is 4. The van der Waals surface area contributed by atoms with Gasteiger partial charge in [0.1, 0.15) is 5.75 Å². The van der Waals surface area contributed by atoms with E-state index in [4.69, 9.17) is 9.72 Å². The molecule has 0 amide bonds. The standard InChI is InChI=1S/C26H33BrN2O3/c1-16-5-8-22(9-6-16)32-24-10-7-17-11-19(28-14-23(17)25(24)27)15-29-20-3-2-4-21(29)13-18(12-20)26(30)31/h7,10-11,14,16,18,20-22H,2-6,8-9,12-13,15H2,1H3,(H,30,31)/t16-,18?,20?,21?,22+.